The van der Waals surface area contributed by atoms with Gasteiger partial charge in [-0.2, -0.15) is 26.3 Å². The minimum atomic E-state index is -5.04. The Balaban J connectivity index is 1.72. The summed E-state index contributed by atoms with van der Waals surface area (Å²) in [6.07, 6.45) is -9.00. The molecule has 13 heteroatoms. The number of benzene rings is 1. The molecule has 3 heterocycles. The number of carbonyl (C=O) groups excluding carboxylic acids is 2. The maximum Gasteiger partial charge on any atom is 0.417 e. The van der Waals surface area contributed by atoms with E-state index in [1.54, 1.807) is 5.32 Å². The van der Waals surface area contributed by atoms with E-state index in [-0.39, 0.29) is 23.1 Å². The number of nitrogens with one attached hydrogen (secondary N) is 2. The highest BCUT2D eigenvalue weighted by Crippen LogP contribution is 2.49. The lowest BCUT2D eigenvalue weighted by Gasteiger charge is -2.21. The number of hydrogen-bond acceptors (Lipinski definition) is 4. The molecule has 2 aliphatic heterocycles. The predicted molar refractivity (Wildman–Crippen MR) is 103 cm³/mol. The first-order valence-corrected chi connectivity index (χ1v) is 10.5. The molecular formula is C20H15F7N2O3S. The van der Waals surface area contributed by atoms with E-state index in [2.05, 4.69) is 5.32 Å². The molecule has 33 heavy (non-hydrogen) atoms. The molecule has 2 bridgehead atoms. The summed E-state index contributed by atoms with van der Waals surface area (Å²) < 4.78 is 97.7. The number of halogens is 7. The van der Waals surface area contributed by atoms with Crippen molar-refractivity contribution in [2.24, 2.45) is 0 Å². The molecule has 1 aromatic carbocycles. The smallest absolute Gasteiger partial charge is 0.369 e. The highest BCUT2D eigenvalue weighted by molar-refractivity contribution is 7.17. The first-order valence-electron chi connectivity index (χ1n) is 9.68. The SMILES string of the molecule is O=C(Nc1sc2c(c1C(=O)NCC(F)(F)F)CC1CCC2O1)c1c(F)cccc1C(F)(F)F. The van der Waals surface area contributed by atoms with E-state index in [9.17, 15) is 40.3 Å². The largest absolute Gasteiger partial charge is 0.417 e. The lowest BCUT2D eigenvalue weighted by Crippen LogP contribution is -2.35. The lowest BCUT2D eigenvalue weighted by atomic mass is 10.0. The fourth-order valence-electron chi connectivity index (χ4n) is 3.98. The van der Waals surface area contributed by atoms with Crippen LogP contribution in [0.4, 0.5) is 35.7 Å². The Morgan fingerprint density at radius 3 is 2.45 bits per heavy atom. The van der Waals surface area contributed by atoms with E-state index in [0.717, 1.165) is 17.4 Å². The molecular weight excluding hydrogens is 481 g/mol. The molecule has 2 atom stereocenters. The Bertz CT molecular complexity index is 1110. The molecule has 2 aromatic rings. The number of rotatable bonds is 4. The molecule has 2 N–H and O–H groups in total. The van der Waals surface area contributed by atoms with Crippen molar-refractivity contribution < 1.29 is 45.1 Å². The summed E-state index contributed by atoms with van der Waals surface area (Å²) in [6, 6.07) is 2.00. The topological polar surface area (TPSA) is 67.4 Å². The van der Waals surface area contributed by atoms with Crippen LogP contribution in [0.3, 0.4) is 0 Å². The Hall–Kier alpha value is -2.67. The fraction of sp³-hybridized carbons (Fsp3) is 0.400. The van der Waals surface area contributed by atoms with Crippen molar-refractivity contribution >= 4 is 28.2 Å². The molecule has 5 nitrogen and oxygen atoms in total. The molecule has 0 spiro atoms. The first kappa shape index (κ1) is 23.5. The van der Waals surface area contributed by atoms with Crippen LogP contribution in [0.25, 0.3) is 0 Å². The van der Waals surface area contributed by atoms with Gasteiger partial charge in [-0.3, -0.25) is 9.59 Å². The monoisotopic (exact) mass is 496 g/mol. The summed E-state index contributed by atoms with van der Waals surface area (Å²) in [5.41, 5.74) is -2.71. The van der Waals surface area contributed by atoms with Gasteiger partial charge in [0.15, 0.2) is 0 Å². The van der Waals surface area contributed by atoms with E-state index in [1.807, 2.05) is 0 Å². The van der Waals surface area contributed by atoms with Gasteiger partial charge in [-0.05, 0) is 30.5 Å². The van der Waals surface area contributed by atoms with Crippen molar-refractivity contribution in [3.63, 3.8) is 0 Å². The molecule has 0 saturated carbocycles. The Morgan fingerprint density at radius 1 is 1.06 bits per heavy atom. The Kier molecular flexibility index (Phi) is 5.89. The summed E-state index contributed by atoms with van der Waals surface area (Å²) >= 11 is 0.822. The fourth-order valence-corrected chi connectivity index (χ4v) is 5.27. The minimum Gasteiger partial charge on any atom is -0.369 e. The van der Waals surface area contributed by atoms with Crippen molar-refractivity contribution in [2.45, 2.75) is 43.8 Å². The van der Waals surface area contributed by atoms with Crippen LogP contribution in [0.1, 0.15) is 55.7 Å². The van der Waals surface area contributed by atoms with Crippen LogP contribution >= 0.6 is 11.3 Å². The Morgan fingerprint density at radius 2 is 1.79 bits per heavy atom. The maximum absolute atomic E-state index is 14.2. The molecule has 2 unspecified atom stereocenters. The summed E-state index contributed by atoms with van der Waals surface area (Å²) in [4.78, 5) is 25.8. The summed E-state index contributed by atoms with van der Waals surface area (Å²) in [6.45, 7) is -1.64. The van der Waals surface area contributed by atoms with Crippen LogP contribution in [0.15, 0.2) is 18.2 Å². The van der Waals surface area contributed by atoms with Gasteiger partial charge in [-0.25, -0.2) is 4.39 Å². The van der Waals surface area contributed by atoms with E-state index < -0.39 is 53.8 Å². The molecule has 1 fully saturated rings. The van der Waals surface area contributed by atoms with E-state index in [1.165, 1.54) is 0 Å². The van der Waals surface area contributed by atoms with E-state index >= 15 is 0 Å². The average molecular weight is 496 g/mol. The lowest BCUT2D eigenvalue weighted by molar-refractivity contribution is -0.138. The maximum atomic E-state index is 14.2. The molecule has 1 saturated heterocycles. The number of anilines is 1. The molecule has 4 rings (SSSR count). The van der Waals surface area contributed by atoms with Gasteiger partial charge in [-0.15, -0.1) is 11.3 Å². The zero-order chi connectivity index (χ0) is 24.1. The van der Waals surface area contributed by atoms with Gasteiger partial charge >= 0.3 is 12.4 Å². The number of carbonyl (C=O) groups is 2. The third kappa shape index (κ3) is 4.69. The molecule has 1 aromatic heterocycles. The average Bonchev–Trinajstić information content (AvgIpc) is 3.26. The second kappa shape index (κ2) is 8.28. The van der Waals surface area contributed by atoms with Crippen molar-refractivity contribution in [1.82, 2.24) is 5.32 Å². The second-order valence-electron chi connectivity index (χ2n) is 7.59. The third-order valence-corrected chi connectivity index (χ3v) is 6.56. The number of fused-ring (bicyclic) bond motifs is 4. The zero-order valence-electron chi connectivity index (χ0n) is 16.5. The molecule has 0 radical (unpaired) electrons. The number of amides is 2. The predicted octanol–water partition coefficient (Wildman–Crippen LogP) is 5.23. The molecule has 2 aliphatic rings. The van der Waals surface area contributed by atoms with Gasteiger partial charge in [0.2, 0.25) is 0 Å². The van der Waals surface area contributed by atoms with E-state index in [0.29, 0.717) is 35.4 Å². The van der Waals surface area contributed by atoms with Crippen LogP contribution in [-0.4, -0.2) is 30.6 Å². The highest BCUT2D eigenvalue weighted by atomic mass is 32.1. The van der Waals surface area contributed by atoms with Crippen LogP contribution < -0.4 is 10.6 Å². The van der Waals surface area contributed by atoms with Gasteiger partial charge < -0.3 is 15.4 Å². The van der Waals surface area contributed by atoms with Gasteiger partial charge in [-0.1, -0.05) is 6.07 Å². The summed E-state index contributed by atoms with van der Waals surface area (Å²) in [7, 11) is 0. The third-order valence-electron chi connectivity index (χ3n) is 5.32. The number of hydrogen-bond donors (Lipinski definition) is 2. The van der Waals surface area contributed by atoms with Crippen LogP contribution in [-0.2, 0) is 17.3 Å². The van der Waals surface area contributed by atoms with E-state index in [4.69, 9.17) is 4.74 Å². The summed E-state index contributed by atoms with van der Waals surface area (Å²) in [5, 5.41) is 3.57. The molecule has 178 valence electrons. The van der Waals surface area contributed by atoms with Crippen LogP contribution in [0.5, 0.6) is 0 Å². The molecule has 2 amide bonds. The summed E-state index contributed by atoms with van der Waals surface area (Å²) in [5.74, 6) is -4.06. The van der Waals surface area contributed by atoms with Crippen molar-refractivity contribution in [1.29, 1.82) is 0 Å². The highest BCUT2D eigenvalue weighted by Gasteiger charge is 2.41. The standard InChI is InChI=1S/C20H15F7N2O3S/c21-11-3-1-2-10(20(25,26)27)14(11)17(31)29-18-13(16(30)28-7-19(22,23)24)9-6-8-4-5-12(32-8)15(9)33-18/h1-3,8,12H,4-7H2,(H,28,30)(H,29,31). The van der Waals surface area contributed by atoms with Crippen molar-refractivity contribution in [3.05, 3.63) is 51.1 Å². The van der Waals surface area contributed by atoms with Gasteiger partial charge in [0.05, 0.1) is 28.9 Å². The molecule has 0 aliphatic carbocycles. The number of alkyl halides is 6. The van der Waals surface area contributed by atoms with Gasteiger partial charge in [0.1, 0.15) is 17.4 Å². The minimum absolute atomic E-state index is 0.195. The normalized spacial score (nSPS) is 19.8. The number of ether oxygens (including phenoxy) is 1. The second-order valence-corrected chi connectivity index (χ2v) is 8.64. The van der Waals surface area contributed by atoms with Crippen LogP contribution in [0.2, 0.25) is 0 Å². The number of thiophene rings is 1. The van der Waals surface area contributed by atoms with Crippen molar-refractivity contribution in [3.8, 4) is 0 Å². The Labute approximate surface area is 185 Å². The zero-order valence-corrected chi connectivity index (χ0v) is 17.3. The first-order chi connectivity index (χ1) is 15.3. The van der Waals surface area contributed by atoms with Crippen LogP contribution in [0, 0.1) is 5.82 Å². The van der Waals surface area contributed by atoms with Gasteiger partial charge in [0, 0.05) is 11.3 Å². The quantitative estimate of drug-likeness (QED) is 0.570. The van der Waals surface area contributed by atoms with Gasteiger partial charge in [0.25, 0.3) is 11.8 Å². The van der Waals surface area contributed by atoms with Crippen molar-refractivity contribution in [2.75, 3.05) is 11.9 Å².